The molecular weight excluding hydrogens is 374 g/mol. The standard InChI is InChI=1S/C18H20BrNO4/c1-4-24-17-15(19)9-13(10-16(17)23-3)18(21)20-11-12-5-7-14(22-2)8-6-12/h5-10H,4,11H2,1-3H3,(H,20,21). The predicted octanol–water partition coefficient (Wildman–Crippen LogP) is 3.80. The van der Waals surface area contributed by atoms with Crippen LogP contribution in [0.5, 0.6) is 17.2 Å². The first-order chi connectivity index (χ1) is 11.6. The van der Waals surface area contributed by atoms with Crippen molar-refractivity contribution in [1.82, 2.24) is 5.32 Å². The number of nitrogens with one attached hydrogen (secondary N) is 1. The van der Waals surface area contributed by atoms with Gasteiger partial charge in [-0.15, -0.1) is 0 Å². The van der Waals surface area contributed by atoms with Gasteiger partial charge in [0.25, 0.3) is 5.91 Å². The van der Waals surface area contributed by atoms with E-state index in [1.807, 2.05) is 31.2 Å². The maximum absolute atomic E-state index is 12.4. The topological polar surface area (TPSA) is 56.8 Å². The SMILES string of the molecule is CCOc1c(Br)cc(C(=O)NCc2ccc(OC)cc2)cc1OC. The lowest BCUT2D eigenvalue weighted by atomic mass is 10.1. The molecule has 5 nitrogen and oxygen atoms in total. The Morgan fingerprint density at radius 2 is 1.83 bits per heavy atom. The Hall–Kier alpha value is -2.21. The van der Waals surface area contributed by atoms with E-state index in [0.29, 0.717) is 34.7 Å². The smallest absolute Gasteiger partial charge is 0.251 e. The second kappa shape index (κ2) is 8.59. The van der Waals surface area contributed by atoms with Crippen LogP contribution in [0.1, 0.15) is 22.8 Å². The minimum Gasteiger partial charge on any atom is -0.497 e. The number of ether oxygens (including phenoxy) is 3. The minimum absolute atomic E-state index is 0.187. The fourth-order valence-electron chi connectivity index (χ4n) is 2.16. The third-order valence-electron chi connectivity index (χ3n) is 3.39. The molecule has 0 aliphatic carbocycles. The van der Waals surface area contributed by atoms with Crippen molar-refractivity contribution in [3.05, 3.63) is 52.0 Å². The summed E-state index contributed by atoms with van der Waals surface area (Å²) in [6.07, 6.45) is 0. The molecule has 2 aromatic carbocycles. The Balaban J connectivity index is 2.09. The van der Waals surface area contributed by atoms with E-state index in [-0.39, 0.29) is 5.91 Å². The van der Waals surface area contributed by atoms with Crippen molar-refractivity contribution in [2.45, 2.75) is 13.5 Å². The molecule has 2 rings (SSSR count). The molecule has 2 aromatic rings. The van der Waals surface area contributed by atoms with Gasteiger partial charge < -0.3 is 19.5 Å². The van der Waals surface area contributed by atoms with Crippen LogP contribution in [0.15, 0.2) is 40.9 Å². The van der Waals surface area contributed by atoms with E-state index in [4.69, 9.17) is 14.2 Å². The van der Waals surface area contributed by atoms with Crippen LogP contribution in [0.4, 0.5) is 0 Å². The Bertz CT molecular complexity index is 701. The van der Waals surface area contributed by atoms with Gasteiger partial charge in [-0.05, 0) is 52.7 Å². The Morgan fingerprint density at radius 3 is 2.42 bits per heavy atom. The molecule has 1 N–H and O–H groups in total. The van der Waals surface area contributed by atoms with Crippen LogP contribution in [0.3, 0.4) is 0 Å². The number of methoxy groups -OCH3 is 2. The van der Waals surface area contributed by atoms with Gasteiger partial charge in [0.2, 0.25) is 0 Å². The first-order valence-electron chi connectivity index (χ1n) is 7.50. The van der Waals surface area contributed by atoms with Crippen molar-refractivity contribution >= 4 is 21.8 Å². The van der Waals surface area contributed by atoms with Gasteiger partial charge >= 0.3 is 0 Å². The molecule has 0 aliphatic rings. The number of hydrogen-bond acceptors (Lipinski definition) is 4. The molecule has 0 saturated carbocycles. The quantitative estimate of drug-likeness (QED) is 0.777. The molecule has 0 bridgehead atoms. The van der Waals surface area contributed by atoms with Crippen molar-refractivity contribution in [3.63, 3.8) is 0 Å². The second-order valence-corrected chi connectivity index (χ2v) is 5.81. The first-order valence-corrected chi connectivity index (χ1v) is 8.29. The van der Waals surface area contributed by atoms with Crippen molar-refractivity contribution < 1.29 is 19.0 Å². The molecule has 0 fully saturated rings. The monoisotopic (exact) mass is 393 g/mol. The van der Waals surface area contributed by atoms with Gasteiger partial charge in [-0.25, -0.2) is 0 Å². The largest absolute Gasteiger partial charge is 0.497 e. The highest BCUT2D eigenvalue weighted by Crippen LogP contribution is 2.36. The molecule has 128 valence electrons. The van der Waals surface area contributed by atoms with Crippen molar-refractivity contribution in [2.24, 2.45) is 0 Å². The number of benzene rings is 2. The molecule has 0 spiro atoms. The van der Waals surface area contributed by atoms with E-state index in [1.54, 1.807) is 26.4 Å². The molecule has 0 aliphatic heterocycles. The molecule has 0 heterocycles. The van der Waals surface area contributed by atoms with Crippen LogP contribution < -0.4 is 19.5 Å². The summed E-state index contributed by atoms with van der Waals surface area (Å²) >= 11 is 3.42. The van der Waals surface area contributed by atoms with E-state index in [0.717, 1.165) is 11.3 Å². The number of halogens is 1. The van der Waals surface area contributed by atoms with Crippen LogP contribution in [-0.2, 0) is 6.54 Å². The van der Waals surface area contributed by atoms with E-state index < -0.39 is 0 Å². The number of amides is 1. The number of carbonyl (C=O) groups excluding carboxylic acids is 1. The van der Waals surface area contributed by atoms with Gasteiger partial charge in [0.15, 0.2) is 11.5 Å². The molecular formula is C18H20BrNO4. The lowest BCUT2D eigenvalue weighted by Crippen LogP contribution is -2.22. The number of hydrogen-bond donors (Lipinski definition) is 1. The highest BCUT2D eigenvalue weighted by molar-refractivity contribution is 9.10. The second-order valence-electron chi connectivity index (χ2n) is 4.95. The molecule has 1 amide bonds. The summed E-state index contributed by atoms with van der Waals surface area (Å²) in [5.74, 6) is 1.70. The van der Waals surface area contributed by atoms with Gasteiger partial charge in [-0.2, -0.15) is 0 Å². The zero-order chi connectivity index (χ0) is 17.5. The van der Waals surface area contributed by atoms with Crippen LogP contribution >= 0.6 is 15.9 Å². The summed E-state index contributed by atoms with van der Waals surface area (Å²) in [4.78, 5) is 12.4. The Morgan fingerprint density at radius 1 is 1.12 bits per heavy atom. The van der Waals surface area contributed by atoms with Crippen LogP contribution in [0.2, 0.25) is 0 Å². The lowest BCUT2D eigenvalue weighted by molar-refractivity contribution is 0.0950. The van der Waals surface area contributed by atoms with Gasteiger partial charge in [-0.1, -0.05) is 12.1 Å². The van der Waals surface area contributed by atoms with Crippen molar-refractivity contribution in [1.29, 1.82) is 0 Å². The molecule has 0 atom stereocenters. The van der Waals surface area contributed by atoms with Crippen molar-refractivity contribution in [2.75, 3.05) is 20.8 Å². The highest BCUT2D eigenvalue weighted by atomic mass is 79.9. The maximum Gasteiger partial charge on any atom is 0.251 e. The maximum atomic E-state index is 12.4. The lowest BCUT2D eigenvalue weighted by Gasteiger charge is -2.13. The third kappa shape index (κ3) is 4.41. The van der Waals surface area contributed by atoms with E-state index in [9.17, 15) is 4.79 Å². The highest BCUT2D eigenvalue weighted by Gasteiger charge is 2.15. The van der Waals surface area contributed by atoms with Crippen LogP contribution in [-0.4, -0.2) is 26.7 Å². The third-order valence-corrected chi connectivity index (χ3v) is 3.98. The number of carbonyl (C=O) groups is 1. The summed E-state index contributed by atoms with van der Waals surface area (Å²) in [5.41, 5.74) is 1.48. The zero-order valence-corrected chi connectivity index (χ0v) is 15.5. The van der Waals surface area contributed by atoms with Crippen LogP contribution in [0.25, 0.3) is 0 Å². The number of rotatable bonds is 7. The Labute approximate surface area is 150 Å². The molecule has 0 unspecified atom stereocenters. The zero-order valence-electron chi connectivity index (χ0n) is 13.9. The fraction of sp³-hybridized carbons (Fsp3) is 0.278. The van der Waals surface area contributed by atoms with Gasteiger partial charge in [0.05, 0.1) is 25.3 Å². The molecule has 6 heteroatoms. The summed E-state index contributed by atoms with van der Waals surface area (Å²) in [5, 5.41) is 2.89. The van der Waals surface area contributed by atoms with Crippen molar-refractivity contribution in [3.8, 4) is 17.2 Å². The predicted molar refractivity (Wildman–Crippen MR) is 96.0 cm³/mol. The van der Waals surface area contributed by atoms with E-state index in [1.165, 1.54) is 0 Å². The van der Waals surface area contributed by atoms with Crippen LogP contribution in [0, 0.1) is 0 Å². The summed E-state index contributed by atoms with van der Waals surface area (Å²) in [6.45, 7) is 2.83. The summed E-state index contributed by atoms with van der Waals surface area (Å²) < 4.78 is 16.6. The van der Waals surface area contributed by atoms with Gasteiger partial charge in [0, 0.05) is 12.1 Å². The summed E-state index contributed by atoms with van der Waals surface area (Å²) in [7, 11) is 3.16. The average molecular weight is 394 g/mol. The van der Waals surface area contributed by atoms with Gasteiger partial charge in [0.1, 0.15) is 5.75 Å². The van der Waals surface area contributed by atoms with Gasteiger partial charge in [-0.3, -0.25) is 4.79 Å². The fourth-order valence-corrected chi connectivity index (χ4v) is 2.72. The first kappa shape index (κ1) is 18.1. The van der Waals surface area contributed by atoms with E-state index in [2.05, 4.69) is 21.2 Å². The molecule has 0 aromatic heterocycles. The normalized spacial score (nSPS) is 10.2. The minimum atomic E-state index is -0.187. The molecule has 24 heavy (non-hydrogen) atoms. The van der Waals surface area contributed by atoms with E-state index >= 15 is 0 Å². The Kier molecular flexibility index (Phi) is 6.49. The molecule has 0 saturated heterocycles. The average Bonchev–Trinajstić information content (AvgIpc) is 2.61. The summed E-state index contributed by atoms with van der Waals surface area (Å²) in [6, 6.07) is 10.9. The molecule has 0 radical (unpaired) electrons.